The molecule has 4 heterocycles. The molecule has 8 rings (SSSR count). The predicted molar refractivity (Wildman–Crippen MR) is 250 cm³/mol. The second kappa shape index (κ2) is 19.5. The van der Waals surface area contributed by atoms with E-state index < -0.39 is 20.0 Å². The molecule has 2 aromatic heterocycles. The molecule has 0 aliphatic carbocycles. The average Bonchev–Trinajstić information content (AvgIpc) is 3.99. The number of sulfonamides is 2. The first kappa shape index (κ1) is 45.0. The van der Waals surface area contributed by atoms with Crippen molar-refractivity contribution in [2.24, 2.45) is 0 Å². The summed E-state index contributed by atoms with van der Waals surface area (Å²) in [6.45, 7) is 5.96. The molecular weight excluding hydrogens is 989 g/mol. The number of methoxy groups -OCH3 is 3. The van der Waals surface area contributed by atoms with Crippen LogP contribution in [0.3, 0.4) is 0 Å². The maximum absolute atomic E-state index is 13.2. The smallest absolute Gasteiger partial charge is 0.246 e. The van der Waals surface area contributed by atoms with E-state index in [0.717, 1.165) is 38.5 Å². The van der Waals surface area contributed by atoms with E-state index in [-0.39, 0.29) is 9.79 Å². The molecule has 2 fully saturated rings. The number of anilines is 2. The summed E-state index contributed by atoms with van der Waals surface area (Å²) in [5, 5.41) is 5.87. The molecular formula is C42H44Br2N6O7S4. The number of thiazole rings is 2. The Balaban J connectivity index is 0.000000184. The standard InChI is InChI=1S/C21H22BrN3O4S2.C21H22BrN3O3S2/c1-28-17-5-3-4-15(12-17)18-14-30-21(23-18)24-8-10-25(11-9-24)31(26,27)20-13-16(22)6-7-19(20)29-2;1-15-4-3-5-16(12-15)18-14-29-21(23-18)24-8-10-25(11-9-24)30(26,27)20-13-17(22)6-7-19(20)28-2/h3-7,12-14H,8-11H2,1-2H3;3-7,12-14H,8-11H2,1-2H3. The fraction of sp³-hybridized carbons (Fsp3) is 0.286. The second-order valence-electron chi connectivity index (χ2n) is 14.0. The number of aromatic nitrogens is 2. The molecule has 61 heavy (non-hydrogen) atoms. The Labute approximate surface area is 381 Å². The number of benzene rings is 4. The topological polar surface area (TPSA) is 135 Å². The van der Waals surface area contributed by atoms with Crippen LogP contribution in [0.4, 0.5) is 10.3 Å². The van der Waals surface area contributed by atoms with Gasteiger partial charge in [-0.25, -0.2) is 26.8 Å². The van der Waals surface area contributed by atoms with Crippen molar-refractivity contribution in [3.8, 4) is 39.8 Å². The summed E-state index contributed by atoms with van der Waals surface area (Å²) in [4.78, 5) is 14.2. The first-order valence-corrected chi connectivity index (χ1v) is 25.3. The van der Waals surface area contributed by atoms with Crippen LogP contribution in [0.15, 0.2) is 114 Å². The molecule has 0 bridgehead atoms. The number of ether oxygens (including phenoxy) is 3. The summed E-state index contributed by atoms with van der Waals surface area (Å²) in [5.41, 5.74) is 5.12. The average molecular weight is 1030 g/mol. The minimum Gasteiger partial charge on any atom is -0.497 e. The van der Waals surface area contributed by atoms with Crippen LogP contribution in [0.5, 0.6) is 17.2 Å². The van der Waals surface area contributed by atoms with Gasteiger partial charge in [0.15, 0.2) is 10.3 Å². The van der Waals surface area contributed by atoms with Crippen LogP contribution in [0.1, 0.15) is 5.56 Å². The Bertz CT molecular complexity index is 2700. The zero-order valence-corrected chi connectivity index (χ0v) is 40.3. The van der Waals surface area contributed by atoms with Gasteiger partial charge in [-0.3, -0.25) is 0 Å². The Morgan fingerprint density at radius 1 is 0.557 bits per heavy atom. The maximum atomic E-state index is 13.2. The summed E-state index contributed by atoms with van der Waals surface area (Å²) in [6, 6.07) is 26.1. The lowest BCUT2D eigenvalue weighted by atomic mass is 10.1. The molecule has 0 radical (unpaired) electrons. The fourth-order valence-electron chi connectivity index (χ4n) is 6.89. The molecule has 6 aromatic rings. The first-order valence-electron chi connectivity index (χ1n) is 19.1. The lowest BCUT2D eigenvalue weighted by Gasteiger charge is -2.34. The van der Waals surface area contributed by atoms with Crippen molar-refractivity contribution in [2.45, 2.75) is 16.7 Å². The van der Waals surface area contributed by atoms with Gasteiger partial charge in [0.25, 0.3) is 0 Å². The Kier molecular flexibility index (Phi) is 14.4. The number of rotatable bonds is 11. The van der Waals surface area contributed by atoms with E-state index in [0.29, 0.717) is 72.8 Å². The summed E-state index contributed by atoms with van der Waals surface area (Å²) in [7, 11) is -2.70. The predicted octanol–water partition coefficient (Wildman–Crippen LogP) is 8.50. The Morgan fingerprint density at radius 2 is 1.00 bits per heavy atom. The van der Waals surface area contributed by atoms with Crippen LogP contribution in [0, 0.1) is 6.92 Å². The van der Waals surface area contributed by atoms with Gasteiger partial charge in [-0.2, -0.15) is 8.61 Å². The van der Waals surface area contributed by atoms with Gasteiger partial charge in [-0.1, -0.05) is 67.8 Å². The normalized spacial score (nSPS) is 15.2. The molecule has 0 spiro atoms. The van der Waals surface area contributed by atoms with E-state index in [4.69, 9.17) is 24.2 Å². The summed E-state index contributed by atoms with van der Waals surface area (Å²) in [5.74, 6) is 1.48. The highest BCUT2D eigenvalue weighted by Gasteiger charge is 2.33. The van der Waals surface area contributed by atoms with Crippen LogP contribution >= 0.6 is 54.5 Å². The van der Waals surface area contributed by atoms with Gasteiger partial charge in [0, 0.05) is 83.2 Å². The van der Waals surface area contributed by atoms with E-state index in [1.165, 1.54) is 28.4 Å². The Morgan fingerprint density at radius 3 is 1.43 bits per heavy atom. The van der Waals surface area contributed by atoms with Crippen molar-refractivity contribution in [1.82, 2.24) is 18.6 Å². The molecule has 0 saturated carbocycles. The summed E-state index contributed by atoms with van der Waals surface area (Å²) >= 11 is 9.85. The highest BCUT2D eigenvalue weighted by molar-refractivity contribution is 9.10. The van der Waals surface area contributed by atoms with Crippen LogP contribution in [-0.4, -0.2) is 109 Å². The van der Waals surface area contributed by atoms with Gasteiger partial charge in [0.1, 0.15) is 27.0 Å². The maximum Gasteiger partial charge on any atom is 0.246 e. The van der Waals surface area contributed by atoms with E-state index in [2.05, 4.69) is 72.2 Å². The molecule has 2 aliphatic heterocycles. The van der Waals surface area contributed by atoms with Crippen LogP contribution in [0.25, 0.3) is 22.5 Å². The molecule has 0 N–H and O–H groups in total. The van der Waals surface area contributed by atoms with Crippen molar-refractivity contribution in [3.63, 3.8) is 0 Å². The molecule has 2 saturated heterocycles. The molecule has 322 valence electrons. The molecule has 19 heteroatoms. The Hall–Kier alpha value is -4.08. The van der Waals surface area contributed by atoms with Crippen molar-refractivity contribution in [1.29, 1.82) is 0 Å². The summed E-state index contributed by atoms with van der Waals surface area (Å²) < 4.78 is 73.0. The number of piperazine rings is 2. The van der Waals surface area contributed by atoms with Gasteiger partial charge in [-0.05, 0) is 61.5 Å². The minimum absolute atomic E-state index is 0.174. The van der Waals surface area contributed by atoms with Crippen molar-refractivity contribution >= 4 is 84.8 Å². The summed E-state index contributed by atoms with van der Waals surface area (Å²) in [6.07, 6.45) is 0. The lowest BCUT2D eigenvalue weighted by Crippen LogP contribution is -2.48. The highest BCUT2D eigenvalue weighted by Crippen LogP contribution is 2.35. The molecule has 0 unspecified atom stereocenters. The zero-order chi connectivity index (χ0) is 43.3. The van der Waals surface area contributed by atoms with Crippen LogP contribution in [0.2, 0.25) is 0 Å². The van der Waals surface area contributed by atoms with Crippen LogP contribution in [-0.2, 0) is 20.0 Å². The molecule has 0 atom stereocenters. The van der Waals surface area contributed by atoms with Crippen molar-refractivity contribution in [3.05, 3.63) is 110 Å². The van der Waals surface area contributed by atoms with Gasteiger partial charge < -0.3 is 24.0 Å². The van der Waals surface area contributed by atoms with Gasteiger partial charge in [0.2, 0.25) is 20.0 Å². The molecule has 2 aliphatic rings. The van der Waals surface area contributed by atoms with Crippen LogP contribution < -0.4 is 24.0 Å². The second-order valence-corrected chi connectivity index (χ2v) is 21.3. The quantitative estimate of drug-likeness (QED) is 0.124. The zero-order valence-electron chi connectivity index (χ0n) is 33.8. The van der Waals surface area contributed by atoms with E-state index in [1.807, 2.05) is 35.7 Å². The number of hydrogen-bond donors (Lipinski definition) is 0. The van der Waals surface area contributed by atoms with E-state index >= 15 is 0 Å². The number of hydrogen-bond acceptors (Lipinski definition) is 13. The monoisotopic (exact) mass is 1030 g/mol. The van der Waals surface area contributed by atoms with E-state index in [1.54, 1.807) is 66.2 Å². The number of halogens is 2. The lowest BCUT2D eigenvalue weighted by molar-refractivity contribution is 0.373. The number of nitrogens with zero attached hydrogens (tertiary/aromatic N) is 6. The number of aryl methyl sites for hydroxylation is 1. The highest BCUT2D eigenvalue weighted by atomic mass is 79.9. The van der Waals surface area contributed by atoms with Gasteiger partial charge >= 0.3 is 0 Å². The van der Waals surface area contributed by atoms with Crippen molar-refractivity contribution in [2.75, 3.05) is 83.5 Å². The third-order valence-corrected chi connectivity index (χ3v) is 16.8. The SMILES string of the molecule is COc1ccc(Br)cc1S(=O)(=O)N1CCN(c2nc(-c3cccc(C)c3)cs2)CC1.COc1cccc(-c2csc(N3CCN(S(=O)(=O)c4cc(Br)ccc4OC)CC3)n2)c1. The minimum atomic E-state index is -3.66. The fourth-order valence-corrected chi connectivity index (χ4v) is 12.9. The van der Waals surface area contributed by atoms with E-state index in [9.17, 15) is 16.8 Å². The first-order chi connectivity index (χ1) is 29.3. The van der Waals surface area contributed by atoms with Gasteiger partial charge in [0.05, 0.1) is 32.7 Å². The molecule has 13 nitrogen and oxygen atoms in total. The largest absolute Gasteiger partial charge is 0.497 e. The molecule has 0 amide bonds. The molecule has 4 aromatic carbocycles. The van der Waals surface area contributed by atoms with Crippen molar-refractivity contribution < 1.29 is 31.0 Å². The third-order valence-electron chi connectivity index (χ3n) is 10.2. The van der Waals surface area contributed by atoms with Gasteiger partial charge in [-0.15, -0.1) is 22.7 Å². The third kappa shape index (κ3) is 10.3.